The number of fused-ring (bicyclic) bond motifs is 1. The van der Waals surface area contributed by atoms with Gasteiger partial charge < -0.3 is 5.73 Å². The first-order valence-corrected chi connectivity index (χ1v) is 7.30. The summed E-state index contributed by atoms with van der Waals surface area (Å²) in [6, 6.07) is 12.1. The lowest BCUT2D eigenvalue weighted by Crippen LogP contribution is -2.10. The van der Waals surface area contributed by atoms with Crippen molar-refractivity contribution in [1.29, 1.82) is 0 Å². The summed E-state index contributed by atoms with van der Waals surface area (Å²) in [6.07, 6.45) is 0.728. The fourth-order valence-electron chi connectivity index (χ4n) is 2.28. The first-order chi connectivity index (χ1) is 9.70. The molecule has 0 aliphatic carbocycles. The average Bonchev–Trinajstić information content (AvgIpc) is 2.80. The molecular weight excluding hydrogens is 316 g/mol. The van der Waals surface area contributed by atoms with Crippen LogP contribution in [0.2, 0.25) is 0 Å². The zero-order chi connectivity index (χ0) is 14.1. The van der Waals surface area contributed by atoms with Gasteiger partial charge in [-0.05, 0) is 53.7 Å². The Labute approximate surface area is 125 Å². The second-order valence-corrected chi connectivity index (χ2v) is 5.48. The smallest absolute Gasteiger partial charge is 0.138 e. The fraction of sp³-hybridized carbons (Fsp3) is 0.200. The monoisotopic (exact) mass is 330 g/mol. The standard InChI is InChI=1S/C15H15BrN4/c1-10-11(16)6-7-14(18-10)20-13-5-3-2-4-12(13)19-15(20)8-9-17/h2-7H,8-9,17H2,1H3. The van der Waals surface area contributed by atoms with E-state index in [0.717, 1.165) is 39.3 Å². The maximum atomic E-state index is 5.70. The van der Waals surface area contributed by atoms with Crippen molar-refractivity contribution in [3.8, 4) is 5.82 Å². The minimum Gasteiger partial charge on any atom is -0.330 e. The molecule has 0 fully saturated rings. The predicted molar refractivity (Wildman–Crippen MR) is 84.1 cm³/mol. The van der Waals surface area contributed by atoms with Crippen LogP contribution in [0.15, 0.2) is 40.9 Å². The Morgan fingerprint density at radius 3 is 2.70 bits per heavy atom. The van der Waals surface area contributed by atoms with Crippen LogP contribution >= 0.6 is 15.9 Å². The van der Waals surface area contributed by atoms with Gasteiger partial charge >= 0.3 is 0 Å². The molecule has 0 spiro atoms. The molecule has 5 heteroatoms. The molecule has 2 N–H and O–H groups in total. The Morgan fingerprint density at radius 2 is 1.95 bits per heavy atom. The van der Waals surface area contributed by atoms with Crippen LogP contribution in [0.3, 0.4) is 0 Å². The van der Waals surface area contributed by atoms with E-state index in [9.17, 15) is 0 Å². The van der Waals surface area contributed by atoms with Crippen LogP contribution in [0.4, 0.5) is 0 Å². The molecule has 0 atom stereocenters. The largest absolute Gasteiger partial charge is 0.330 e. The Bertz CT molecular complexity index is 764. The number of rotatable bonds is 3. The predicted octanol–water partition coefficient (Wildman–Crippen LogP) is 2.99. The molecule has 0 bridgehead atoms. The van der Waals surface area contributed by atoms with Gasteiger partial charge in [-0.25, -0.2) is 9.97 Å². The molecule has 0 aliphatic heterocycles. The summed E-state index contributed by atoms with van der Waals surface area (Å²) in [5.41, 5.74) is 8.69. The molecule has 3 rings (SSSR count). The van der Waals surface area contributed by atoms with E-state index in [1.54, 1.807) is 0 Å². The van der Waals surface area contributed by atoms with Crippen LogP contribution in [0.1, 0.15) is 11.5 Å². The molecule has 0 aliphatic rings. The van der Waals surface area contributed by atoms with E-state index in [4.69, 9.17) is 5.73 Å². The topological polar surface area (TPSA) is 56.7 Å². The number of imidazole rings is 1. The molecule has 0 saturated heterocycles. The van der Waals surface area contributed by atoms with Crippen LogP contribution in [-0.2, 0) is 6.42 Å². The molecule has 2 aromatic heterocycles. The molecule has 0 amide bonds. The molecule has 20 heavy (non-hydrogen) atoms. The minimum absolute atomic E-state index is 0.568. The Kier molecular flexibility index (Phi) is 3.54. The Hall–Kier alpha value is -1.72. The van der Waals surface area contributed by atoms with Crippen molar-refractivity contribution in [1.82, 2.24) is 14.5 Å². The van der Waals surface area contributed by atoms with E-state index in [-0.39, 0.29) is 0 Å². The lowest BCUT2D eigenvalue weighted by Gasteiger charge is -2.09. The van der Waals surface area contributed by atoms with Crippen LogP contribution in [-0.4, -0.2) is 21.1 Å². The van der Waals surface area contributed by atoms with Gasteiger partial charge in [-0.3, -0.25) is 4.57 Å². The summed E-state index contributed by atoms with van der Waals surface area (Å²) in [4.78, 5) is 9.31. The lowest BCUT2D eigenvalue weighted by molar-refractivity contribution is 0.832. The number of benzene rings is 1. The van der Waals surface area contributed by atoms with E-state index < -0.39 is 0 Å². The highest BCUT2D eigenvalue weighted by molar-refractivity contribution is 9.10. The zero-order valence-electron chi connectivity index (χ0n) is 11.2. The third-order valence-electron chi connectivity index (χ3n) is 3.23. The van der Waals surface area contributed by atoms with Gasteiger partial charge in [-0.15, -0.1) is 0 Å². The van der Waals surface area contributed by atoms with Gasteiger partial charge in [0.25, 0.3) is 0 Å². The molecule has 4 nitrogen and oxygen atoms in total. The number of halogens is 1. The van der Waals surface area contributed by atoms with Gasteiger partial charge in [0, 0.05) is 10.9 Å². The van der Waals surface area contributed by atoms with Gasteiger partial charge in [0.1, 0.15) is 11.6 Å². The van der Waals surface area contributed by atoms with E-state index in [0.29, 0.717) is 6.54 Å². The number of aromatic nitrogens is 3. The van der Waals surface area contributed by atoms with Crippen LogP contribution in [0.5, 0.6) is 0 Å². The Morgan fingerprint density at radius 1 is 1.15 bits per heavy atom. The molecule has 3 aromatic rings. The van der Waals surface area contributed by atoms with Gasteiger partial charge in [0.05, 0.1) is 16.7 Å². The van der Waals surface area contributed by atoms with Gasteiger partial charge in [0.15, 0.2) is 0 Å². The summed E-state index contributed by atoms with van der Waals surface area (Å²) in [5, 5.41) is 0. The first kappa shape index (κ1) is 13.3. The van der Waals surface area contributed by atoms with Crippen molar-refractivity contribution in [3.05, 3.63) is 52.4 Å². The average molecular weight is 331 g/mol. The molecule has 1 aromatic carbocycles. The Balaban J connectivity index is 2.26. The van der Waals surface area contributed by atoms with Crippen molar-refractivity contribution in [2.45, 2.75) is 13.3 Å². The second kappa shape index (κ2) is 5.34. The van der Waals surface area contributed by atoms with Crippen LogP contribution in [0, 0.1) is 6.92 Å². The summed E-state index contributed by atoms with van der Waals surface area (Å²) in [5.74, 6) is 1.82. The third kappa shape index (κ3) is 2.23. The van der Waals surface area contributed by atoms with Crippen molar-refractivity contribution < 1.29 is 0 Å². The highest BCUT2D eigenvalue weighted by Gasteiger charge is 2.13. The molecule has 0 saturated carbocycles. The van der Waals surface area contributed by atoms with Crippen molar-refractivity contribution in [2.75, 3.05) is 6.54 Å². The molecule has 0 radical (unpaired) electrons. The van der Waals surface area contributed by atoms with Gasteiger partial charge in [-0.1, -0.05) is 12.1 Å². The van der Waals surface area contributed by atoms with E-state index in [1.807, 2.05) is 37.3 Å². The number of nitrogens with two attached hydrogens (primary N) is 1. The normalized spacial score (nSPS) is 11.2. The van der Waals surface area contributed by atoms with Crippen LogP contribution in [0.25, 0.3) is 16.9 Å². The molecule has 2 heterocycles. The number of hydrogen-bond acceptors (Lipinski definition) is 3. The minimum atomic E-state index is 0.568. The molecular formula is C15H15BrN4. The molecule has 0 unspecified atom stereocenters. The number of para-hydroxylation sites is 2. The van der Waals surface area contributed by atoms with E-state index in [2.05, 4.69) is 36.5 Å². The highest BCUT2D eigenvalue weighted by atomic mass is 79.9. The summed E-state index contributed by atoms with van der Waals surface area (Å²) >= 11 is 3.48. The highest BCUT2D eigenvalue weighted by Crippen LogP contribution is 2.23. The second-order valence-electron chi connectivity index (χ2n) is 4.63. The SMILES string of the molecule is Cc1nc(-n2c(CCN)nc3ccccc32)ccc1Br. The van der Waals surface area contributed by atoms with Crippen molar-refractivity contribution in [3.63, 3.8) is 0 Å². The summed E-state index contributed by atoms with van der Waals surface area (Å²) in [6.45, 7) is 2.55. The van der Waals surface area contributed by atoms with E-state index in [1.165, 1.54) is 0 Å². The van der Waals surface area contributed by atoms with Gasteiger partial charge in [-0.2, -0.15) is 0 Å². The van der Waals surface area contributed by atoms with Crippen molar-refractivity contribution >= 4 is 27.0 Å². The first-order valence-electron chi connectivity index (χ1n) is 6.50. The summed E-state index contributed by atoms with van der Waals surface area (Å²) in [7, 11) is 0. The third-order valence-corrected chi connectivity index (χ3v) is 4.07. The summed E-state index contributed by atoms with van der Waals surface area (Å²) < 4.78 is 3.09. The fourth-order valence-corrected chi connectivity index (χ4v) is 2.50. The van der Waals surface area contributed by atoms with Crippen LogP contribution < -0.4 is 5.73 Å². The van der Waals surface area contributed by atoms with E-state index >= 15 is 0 Å². The maximum absolute atomic E-state index is 5.70. The van der Waals surface area contributed by atoms with Crippen molar-refractivity contribution in [2.24, 2.45) is 5.73 Å². The van der Waals surface area contributed by atoms with Gasteiger partial charge in [0.2, 0.25) is 0 Å². The number of aryl methyl sites for hydroxylation is 1. The zero-order valence-corrected chi connectivity index (χ0v) is 12.8. The number of hydrogen-bond donors (Lipinski definition) is 1. The quantitative estimate of drug-likeness (QED) is 0.803. The lowest BCUT2D eigenvalue weighted by atomic mass is 10.3. The number of nitrogens with zero attached hydrogens (tertiary/aromatic N) is 3. The molecule has 102 valence electrons. The maximum Gasteiger partial charge on any atom is 0.138 e. The number of pyridine rings is 1.